The Balaban J connectivity index is 1.57. The summed E-state index contributed by atoms with van der Waals surface area (Å²) in [5, 5.41) is 6.12. The lowest BCUT2D eigenvalue weighted by Crippen LogP contribution is -2.35. The van der Waals surface area contributed by atoms with Crippen LogP contribution in [0.3, 0.4) is 0 Å². The van der Waals surface area contributed by atoms with Gasteiger partial charge in [0.1, 0.15) is 5.00 Å². The van der Waals surface area contributed by atoms with Crippen LogP contribution in [0.1, 0.15) is 31.2 Å². The Kier molecular flexibility index (Phi) is 7.71. The van der Waals surface area contributed by atoms with Crippen LogP contribution in [0.5, 0.6) is 0 Å². The fourth-order valence-corrected chi connectivity index (χ4v) is 6.30. The maximum Gasteiger partial charge on any atom is 0.409 e. The van der Waals surface area contributed by atoms with Crippen molar-refractivity contribution >= 4 is 61.6 Å². The first-order valence-electron chi connectivity index (χ1n) is 11.0. The zero-order valence-corrected chi connectivity index (χ0v) is 22.2. The number of halogens is 1. The summed E-state index contributed by atoms with van der Waals surface area (Å²) >= 11 is 7.05. The molecule has 0 fully saturated rings. The van der Waals surface area contributed by atoms with E-state index in [1.807, 2.05) is 0 Å². The van der Waals surface area contributed by atoms with Crippen molar-refractivity contribution < 1.29 is 27.5 Å². The highest BCUT2D eigenvalue weighted by Crippen LogP contribution is 2.37. The van der Waals surface area contributed by atoms with E-state index >= 15 is 0 Å². The van der Waals surface area contributed by atoms with E-state index in [0.29, 0.717) is 28.6 Å². The Morgan fingerprint density at radius 1 is 1.08 bits per heavy atom. The Hall–Kier alpha value is -3.61. The average Bonchev–Trinajstić information content (AvgIpc) is 3.24. The van der Waals surface area contributed by atoms with Crippen LogP contribution in [0.15, 0.2) is 53.4 Å². The number of nitrogens with one attached hydrogen (secondary N) is 3. The molecule has 3 amide bonds. The van der Waals surface area contributed by atoms with E-state index in [2.05, 4.69) is 15.4 Å². The minimum absolute atomic E-state index is 0.0205. The second-order valence-electron chi connectivity index (χ2n) is 8.02. The fraction of sp³-hybridized carbons (Fsp3) is 0.208. The first kappa shape index (κ1) is 26.5. The number of amides is 3. The summed E-state index contributed by atoms with van der Waals surface area (Å²) in [7, 11) is -1.10. The lowest BCUT2D eigenvalue weighted by atomic mass is 10.0. The molecule has 2 heterocycles. The number of anilines is 2. The van der Waals surface area contributed by atoms with E-state index in [-0.39, 0.29) is 28.6 Å². The minimum Gasteiger partial charge on any atom is -0.453 e. The van der Waals surface area contributed by atoms with Crippen molar-refractivity contribution in [3.05, 3.63) is 75.1 Å². The van der Waals surface area contributed by atoms with Crippen molar-refractivity contribution in [1.29, 1.82) is 0 Å². The second-order valence-corrected chi connectivity index (χ2v) is 11.2. The van der Waals surface area contributed by atoms with Gasteiger partial charge in [0.15, 0.2) is 0 Å². The smallest absolute Gasteiger partial charge is 0.409 e. The molecule has 3 aromatic rings. The molecule has 194 valence electrons. The molecule has 13 heteroatoms. The molecule has 1 aromatic heterocycles. The van der Waals surface area contributed by atoms with Gasteiger partial charge in [-0.1, -0.05) is 17.7 Å². The molecule has 10 nitrogen and oxygen atoms in total. The van der Waals surface area contributed by atoms with Crippen LogP contribution < -0.4 is 15.4 Å². The highest BCUT2D eigenvalue weighted by atomic mass is 35.5. The summed E-state index contributed by atoms with van der Waals surface area (Å²) in [5.74, 6) is -0.884. The molecular weight excluding hydrogens is 540 g/mol. The highest BCUT2D eigenvalue weighted by molar-refractivity contribution is 7.92. The van der Waals surface area contributed by atoms with Gasteiger partial charge in [-0.15, -0.1) is 11.3 Å². The third-order valence-electron chi connectivity index (χ3n) is 5.67. The Bertz CT molecular complexity index is 1470. The quantitative estimate of drug-likeness (QED) is 0.417. The maximum absolute atomic E-state index is 13.1. The van der Waals surface area contributed by atoms with E-state index in [9.17, 15) is 22.8 Å². The second kappa shape index (κ2) is 10.8. The topological polar surface area (TPSA) is 134 Å². The van der Waals surface area contributed by atoms with Crippen LogP contribution in [0.25, 0.3) is 0 Å². The molecular formula is C24H23ClN4O6S2. The summed E-state index contributed by atoms with van der Waals surface area (Å²) in [4.78, 5) is 40.1. The largest absolute Gasteiger partial charge is 0.453 e. The number of fused-ring (bicyclic) bond motifs is 1. The first-order chi connectivity index (χ1) is 17.6. The lowest BCUT2D eigenvalue weighted by Gasteiger charge is -2.25. The van der Waals surface area contributed by atoms with Crippen molar-refractivity contribution in [2.75, 3.05) is 30.7 Å². The van der Waals surface area contributed by atoms with Crippen LogP contribution in [0, 0.1) is 0 Å². The van der Waals surface area contributed by atoms with E-state index < -0.39 is 22.0 Å². The lowest BCUT2D eigenvalue weighted by molar-refractivity contribution is 0.0962. The molecule has 0 atom stereocenters. The van der Waals surface area contributed by atoms with Crippen molar-refractivity contribution in [3.63, 3.8) is 0 Å². The summed E-state index contributed by atoms with van der Waals surface area (Å²) in [6.07, 6.45) is -0.0365. The number of hydrogen-bond donors (Lipinski definition) is 3. The van der Waals surface area contributed by atoms with Gasteiger partial charge in [0, 0.05) is 34.7 Å². The normalized spacial score (nSPS) is 12.9. The van der Waals surface area contributed by atoms with Crippen LogP contribution in [-0.2, 0) is 27.7 Å². The summed E-state index contributed by atoms with van der Waals surface area (Å²) < 4.78 is 32.7. The van der Waals surface area contributed by atoms with Gasteiger partial charge >= 0.3 is 6.09 Å². The predicted molar refractivity (Wildman–Crippen MR) is 141 cm³/mol. The standard InChI is InChI=1S/C24H23ClN4O6S2/c1-26-22(31)20-18-10-11-29(24(32)35-2)13-19(18)36-23(20)27-21(30)14-4-3-5-16(12-14)28-37(33,34)17-8-6-15(25)7-9-17/h3-9,12,28H,10-11,13H2,1-2H3,(H,26,31)(H,27,30). The number of nitrogens with zero attached hydrogens (tertiary/aromatic N) is 1. The third kappa shape index (κ3) is 5.71. The Morgan fingerprint density at radius 3 is 2.49 bits per heavy atom. The van der Waals surface area contributed by atoms with Crippen molar-refractivity contribution in [1.82, 2.24) is 10.2 Å². The monoisotopic (exact) mass is 562 g/mol. The van der Waals surface area contributed by atoms with Gasteiger partial charge in [0.05, 0.1) is 24.1 Å². The zero-order valence-electron chi connectivity index (χ0n) is 19.8. The molecule has 0 radical (unpaired) electrons. The van der Waals surface area contributed by atoms with Gasteiger partial charge in [0.2, 0.25) is 0 Å². The molecule has 2 aromatic carbocycles. The molecule has 0 unspecified atom stereocenters. The minimum atomic E-state index is -3.90. The van der Waals surface area contributed by atoms with E-state index in [0.717, 1.165) is 10.4 Å². The number of carbonyl (C=O) groups excluding carboxylic acids is 3. The predicted octanol–water partition coefficient (Wildman–Crippen LogP) is 3.94. The molecule has 0 spiro atoms. The van der Waals surface area contributed by atoms with Gasteiger partial charge in [0.25, 0.3) is 21.8 Å². The molecule has 0 bridgehead atoms. The van der Waals surface area contributed by atoms with Crippen LogP contribution in [0.4, 0.5) is 15.5 Å². The third-order valence-corrected chi connectivity index (χ3v) is 8.45. The molecule has 0 saturated heterocycles. The Labute approximate surface area is 222 Å². The van der Waals surface area contributed by atoms with Crippen LogP contribution in [-0.4, -0.2) is 51.9 Å². The van der Waals surface area contributed by atoms with E-state index in [1.54, 1.807) is 6.07 Å². The van der Waals surface area contributed by atoms with Crippen molar-refractivity contribution in [2.24, 2.45) is 0 Å². The Morgan fingerprint density at radius 2 is 1.81 bits per heavy atom. The van der Waals surface area contributed by atoms with Gasteiger partial charge in [-0.3, -0.25) is 14.3 Å². The number of hydrogen-bond acceptors (Lipinski definition) is 7. The average molecular weight is 563 g/mol. The maximum atomic E-state index is 13.1. The number of sulfonamides is 1. The van der Waals surface area contributed by atoms with Crippen molar-refractivity contribution in [3.8, 4) is 0 Å². The molecule has 0 saturated carbocycles. The molecule has 3 N–H and O–H groups in total. The van der Waals surface area contributed by atoms with E-state index in [4.69, 9.17) is 16.3 Å². The number of rotatable bonds is 6. The number of thiophene rings is 1. The summed E-state index contributed by atoms with van der Waals surface area (Å²) in [6.45, 7) is 0.637. The first-order valence-corrected chi connectivity index (χ1v) is 13.7. The van der Waals surface area contributed by atoms with E-state index in [1.165, 1.54) is 72.9 Å². The van der Waals surface area contributed by atoms with Gasteiger partial charge < -0.3 is 20.3 Å². The van der Waals surface area contributed by atoms with Crippen LogP contribution >= 0.6 is 22.9 Å². The molecule has 1 aliphatic rings. The number of ether oxygens (including phenoxy) is 1. The van der Waals surface area contributed by atoms with Crippen molar-refractivity contribution in [2.45, 2.75) is 17.9 Å². The fourth-order valence-electron chi connectivity index (χ4n) is 3.87. The summed E-state index contributed by atoms with van der Waals surface area (Å²) in [5.41, 5.74) is 1.49. The number of benzene rings is 2. The molecule has 37 heavy (non-hydrogen) atoms. The molecule has 4 rings (SSSR count). The molecule has 0 aliphatic carbocycles. The summed E-state index contributed by atoms with van der Waals surface area (Å²) in [6, 6.07) is 11.7. The molecule has 1 aliphatic heterocycles. The highest BCUT2D eigenvalue weighted by Gasteiger charge is 2.30. The SMILES string of the molecule is CNC(=O)c1c(NC(=O)c2cccc(NS(=O)(=O)c3ccc(Cl)cc3)c2)sc2c1CCN(C(=O)OC)C2. The number of methoxy groups -OCH3 is 1. The van der Waals surface area contributed by atoms with Gasteiger partial charge in [-0.25, -0.2) is 13.2 Å². The zero-order chi connectivity index (χ0) is 26.7. The number of carbonyl (C=O) groups is 3. The van der Waals surface area contributed by atoms with Crippen LogP contribution in [0.2, 0.25) is 5.02 Å². The van der Waals surface area contributed by atoms with Gasteiger partial charge in [-0.05, 0) is 54.4 Å². The van der Waals surface area contributed by atoms with Gasteiger partial charge in [-0.2, -0.15) is 0 Å².